The number of carbonyl (C=O) groups is 1. The number of anilines is 2. The van der Waals surface area contributed by atoms with Crippen LogP contribution >= 0.6 is 0 Å². The summed E-state index contributed by atoms with van der Waals surface area (Å²) in [4.78, 5) is 12.3. The molecule has 0 saturated heterocycles. The number of amides is 1. The number of benzene rings is 3. The second-order valence-corrected chi connectivity index (χ2v) is 8.40. The summed E-state index contributed by atoms with van der Waals surface area (Å²) in [6, 6.07) is 22.2. The molecule has 0 aliphatic rings. The Morgan fingerprint density at radius 3 is 2.17 bits per heavy atom. The Morgan fingerprint density at radius 1 is 0.933 bits per heavy atom. The molecule has 0 unspecified atom stereocenters. The Hall–Kier alpha value is -3.58. The number of sulfonamides is 1. The summed E-state index contributed by atoms with van der Waals surface area (Å²) in [5.74, 6) is 0.424. The van der Waals surface area contributed by atoms with Crippen molar-refractivity contribution >= 4 is 33.4 Å². The van der Waals surface area contributed by atoms with E-state index in [1.165, 1.54) is 29.6 Å². The fourth-order valence-corrected chi connectivity index (χ4v) is 3.91. The number of para-hydroxylation sites is 1. The minimum Gasteiger partial charge on any atom is -0.497 e. The maximum atomic E-state index is 12.8. The zero-order chi connectivity index (χ0) is 21.6. The Kier molecular flexibility index (Phi) is 6.54. The van der Waals surface area contributed by atoms with Gasteiger partial charge in [0, 0.05) is 18.8 Å². The van der Waals surface area contributed by atoms with Crippen LogP contribution in [0.4, 0.5) is 11.4 Å². The van der Waals surface area contributed by atoms with Crippen LogP contribution in [0.1, 0.15) is 5.56 Å². The molecule has 0 atom stereocenters. The molecule has 0 spiro atoms. The summed E-state index contributed by atoms with van der Waals surface area (Å²) in [5.41, 5.74) is 1.93. The van der Waals surface area contributed by atoms with Crippen LogP contribution in [0.5, 0.6) is 5.75 Å². The first-order chi connectivity index (χ1) is 14.4. The molecular formula is C23H22N2O4S. The van der Waals surface area contributed by atoms with E-state index in [0.717, 1.165) is 11.3 Å². The van der Waals surface area contributed by atoms with Crippen LogP contribution in [-0.2, 0) is 14.8 Å². The van der Waals surface area contributed by atoms with Gasteiger partial charge in [0.1, 0.15) is 5.75 Å². The highest BCUT2D eigenvalue weighted by Gasteiger charge is 2.20. The van der Waals surface area contributed by atoms with Gasteiger partial charge in [-0.3, -0.25) is 9.10 Å². The van der Waals surface area contributed by atoms with Crippen molar-refractivity contribution in [3.8, 4) is 5.75 Å². The van der Waals surface area contributed by atoms with Crippen molar-refractivity contribution in [1.29, 1.82) is 0 Å². The number of ether oxygens (including phenoxy) is 1. The normalized spacial score (nSPS) is 11.3. The van der Waals surface area contributed by atoms with Crippen molar-refractivity contribution < 1.29 is 17.9 Å². The van der Waals surface area contributed by atoms with Crippen LogP contribution in [0.2, 0.25) is 0 Å². The Bertz CT molecular complexity index is 1120. The predicted molar refractivity (Wildman–Crippen MR) is 119 cm³/mol. The Morgan fingerprint density at radius 2 is 1.57 bits per heavy atom. The monoisotopic (exact) mass is 422 g/mol. The van der Waals surface area contributed by atoms with Gasteiger partial charge in [0.05, 0.1) is 17.7 Å². The Labute approximate surface area is 176 Å². The lowest BCUT2D eigenvalue weighted by atomic mass is 10.2. The average molecular weight is 423 g/mol. The summed E-state index contributed by atoms with van der Waals surface area (Å²) in [5, 5.41) is 2.72. The summed E-state index contributed by atoms with van der Waals surface area (Å²) >= 11 is 0. The van der Waals surface area contributed by atoms with E-state index >= 15 is 0 Å². The van der Waals surface area contributed by atoms with Crippen LogP contribution in [0.25, 0.3) is 6.08 Å². The van der Waals surface area contributed by atoms with Crippen molar-refractivity contribution in [1.82, 2.24) is 0 Å². The molecule has 0 bridgehead atoms. The van der Waals surface area contributed by atoms with E-state index in [9.17, 15) is 13.2 Å². The molecule has 3 aromatic carbocycles. The molecule has 7 heteroatoms. The van der Waals surface area contributed by atoms with Crippen LogP contribution in [-0.4, -0.2) is 28.5 Å². The van der Waals surface area contributed by atoms with Gasteiger partial charge in [-0.1, -0.05) is 30.3 Å². The highest BCUT2D eigenvalue weighted by atomic mass is 32.2. The molecule has 30 heavy (non-hydrogen) atoms. The number of nitrogens with one attached hydrogen (secondary N) is 1. The summed E-state index contributed by atoms with van der Waals surface area (Å²) in [6.45, 7) is 0. The molecule has 6 nitrogen and oxygen atoms in total. The molecular weight excluding hydrogens is 400 g/mol. The third-order valence-electron chi connectivity index (χ3n) is 4.44. The molecule has 1 amide bonds. The first-order valence-electron chi connectivity index (χ1n) is 9.17. The van der Waals surface area contributed by atoms with Gasteiger partial charge in [-0.25, -0.2) is 8.42 Å². The first-order valence-corrected chi connectivity index (χ1v) is 10.6. The molecule has 0 fully saturated rings. The van der Waals surface area contributed by atoms with Crippen LogP contribution in [0, 0.1) is 0 Å². The maximum Gasteiger partial charge on any atom is 0.264 e. The van der Waals surface area contributed by atoms with Crippen molar-refractivity contribution in [2.45, 2.75) is 4.90 Å². The fourth-order valence-electron chi connectivity index (χ4n) is 2.72. The largest absolute Gasteiger partial charge is 0.497 e. The molecule has 0 saturated carbocycles. The molecule has 1 N–H and O–H groups in total. The molecule has 0 radical (unpaired) electrons. The van der Waals surface area contributed by atoms with Gasteiger partial charge >= 0.3 is 0 Å². The molecule has 3 rings (SSSR count). The first kappa shape index (κ1) is 21.1. The number of hydrogen-bond donors (Lipinski definition) is 1. The minimum atomic E-state index is -3.69. The van der Waals surface area contributed by atoms with Gasteiger partial charge in [-0.05, 0) is 60.2 Å². The number of carbonyl (C=O) groups excluding carboxylic acids is 1. The van der Waals surface area contributed by atoms with E-state index in [2.05, 4.69) is 5.32 Å². The molecule has 0 heterocycles. The van der Waals surface area contributed by atoms with Crippen molar-refractivity contribution in [3.05, 3.63) is 90.5 Å². The van der Waals surface area contributed by atoms with Crippen LogP contribution in [0.3, 0.4) is 0 Å². The molecule has 0 aromatic heterocycles. The highest BCUT2D eigenvalue weighted by molar-refractivity contribution is 7.92. The molecule has 0 aliphatic heterocycles. The van der Waals surface area contributed by atoms with Gasteiger partial charge in [-0.15, -0.1) is 0 Å². The van der Waals surface area contributed by atoms with Gasteiger partial charge in [0.2, 0.25) is 5.91 Å². The number of methoxy groups -OCH3 is 1. The van der Waals surface area contributed by atoms with E-state index in [1.807, 2.05) is 30.3 Å². The summed E-state index contributed by atoms with van der Waals surface area (Å²) in [7, 11) is -0.597. The quantitative estimate of drug-likeness (QED) is 0.580. The standard InChI is InChI=1S/C23H22N2O4S/c1-25(20-6-4-3-5-7-20)30(27,28)22-15-11-19(12-16-22)24-23(26)17-10-18-8-13-21(29-2)14-9-18/h3-17H,1-2H3,(H,24,26). The Balaban J connectivity index is 1.66. The highest BCUT2D eigenvalue weighted by Crippen LogP contribution is 2.23. The third-order valence-corrected chi connectivity index (χ3v) is 6.24. The van der Waals surface area contributed by atoms with Crippen molar-refractivity contribution in [2.24, 2.45) is 0 Å². The fraction of sp³-hybridized carbons (Fsp3) is 0.0870. The van der Waals surface area contributed by atoms with E-state index < -0.39 is 10.0 Å². The van der Waals surface area contributed by atoms with Crippen molar-refractivity contribution in [2.75, 3.05) is 23.8 Å². The van der Waals surface area contributed by atoms with Crippen molar-refractivity contribution in [3.63, 3.8) is 0 Å². The summed E-state index contributed by atoms with van der Waals surface area (Å²) in [6.07, 6.45) is 3.10. The van der Waals surface area contributed by atoms with Gasteiger partial charge in [-0.2, -0.15) is 0 Å². The van der Waals surface area contributed by atoms with Gasteiger partial charge in [0.25, 0.3) is 10.0 Å². The van der Waals surface area contributed by atoms with Gasteiger partial charge in [0.15, 0.2) is 0 Å². The molecule has 3 aromatic rings. The van der Waals surface area contributed by atoms with E-state index in [4.69, 9.17) is 4.74 Å². The van der Waals surface area contributed by atoms with Crippen LogP contribution in [0.15, 0.2) is 89.8 Å². The lowest BCUT2D eigenvalue weighted by Gasteiger charge is -2.19. The molecule has 154 valence electrons. The zero-order valence-corrected chi connectivity index (χ0v) is 17.5. The lowest BCUT2D eigenvalue weighted by molar-refractivity contribution is -0.111. The average Bonchev–Trinajstić information content (AvgIpc) is 2.78. The summed E-state index contributed by atoms with van der Waals surface area (Å²) < 4.78 is 31.9. The zero-order valence-electron chi connectivity index (χ0n) is 16.6. The van der Waals surface area contributed by atoms with Crippen LogP contribution < -0.4 is 14.4 Å². The minimum absolute atomic E-state index is 0.139. The second-order valence-electron chi connectivity index (χ2n) is 6.43. The number of rotatable bonds is 7. The predicted octanol–water partition coefficient (Wildman–Crippen LogP) is 4.17. The van der Waals surface area contributed by atoms with E-state index in [-0.39, 0.29) is 10.8 Å². The SMILES string of the molecule is COc1ccc(C=CC(=O)Nc2ccc(S(=O)(=O)N(C)c3ccccc3)cc2)cc1. The van der Waals surface area contributed by atoms with E-state index in [0.29, 0.717) is 11.4 Å². The number of nitrogens with zero attached hydrogens (tertiary/aromatic N) is 1. The molecule has 0 aliphatic carbocycles. The number of hydrogen-bond acceptors (Lipinski definition) is 4. The van der Waals surface area contributed by atoms with Gasteiger partial charge < -0.3 is 10.1 Å². The smallest absolute Gasteiger partial charge is 0.264 e. The maximum absolute atomic E-state index is 12.8. The van der Waals surface area contributed by atoms with E-state index in [1.54, 1.807) is 49.6 Å². The second kappa shape index (κ2) is 9.28. The lowest BCUT2D eigenvalue weighted by Crippen LogP contribution is -2.26. The topological polar surface area (TPSA) is 75.7 Å². The third kappa shape index (κ3) is 5.07.